The summed E-state index contributed by atoms with van der Waals surface area (Å²) < 4.78 is 4.63. The van der Waals surface area contributed by atoms with Gasteiger partial charge in [0.15, 0.2) is 0 Å². The average Bonchev–Trinajstić information content (AvgIpc) is 2.95. The molecular formula is C13H19BrN4O. The molecule has 0 aromatic carbocycles. The van der Waals surface area contributed by atoms with E-state index in [0.29, 0.717) is 0 Å². The Morgan fingerprint density at radius 1 is 1.37 bits per heavy atom. The minimum atomic E-state index is -0.728. The topological polar surface area (TPSA) is 55.9 Å². The van der Waals surface area contributed by atoms with E-state index in [1.54, 1.807) is 18.7 Å². The molecule has 1 unspecified atom stereocenters. The Kier molecular flexibility index (Phi) is 4.42. The second-order valence-corrected chi connectivity index (χ2v) is 5.68. The maximum atomic E-state index is 10.6. The molecule has 5 nitrogen and oxygen atoms in total. The molecule has 0 saturated heterocycles. The van der Waals surface area contributed by atoms with Crippen molar-refractivity contribution in [3.8, 4) is 0 Å². The lowest BCUT2D eigenvalue weighted by Gasteiger charge is -2.18. The smallest absolute Gasteiger partial charge is 0.138 e. The van der Waals surface area contributed by atoms with Gasteiger partial charge in [0.25, 0.3) is 0 Å². The van der Waals surface area contributed by atoms with Crippen molar-refractivity contribution >= 4 is 15.9 Å². The SMILES string of the molecule is CCCn1cncc1C(O)c1c(Br)cnn1C(C)C. The molecule has 0 aliphatic carbocycles. The molecule has 0 bridgehead atoms. The number of imidazole rings is 1. The Morgan fingerprint density at radius 3 is 2.74 bits per heavy atom. The summed E-state index contributed by atoms with van der Waals surface area (Å²) >= 11 is 3.46. The van der Waals surface area contributed by atoms with Crippen LogP contribution in [0.15, 0.2) is 23.2 Å². The van der Waals surface area contributed by atoms with E-state index in [1.807, 2.05) is 23.1 Å². The van der Waals surface area contributed by atoms with E-state index >= 15 is 0 Å². The highest BCUT2D eigenvalue weighted by Crippen LogP contribution is 2.30. The molecule has 0 radical (unpaired) electrons. The fourth-order valence-electron chi connectivity index (χ4n) is 2.14. The zero-order valence-corrected chi connectivity index (χ0v) is 13.0. The van der Waals surface area contributed by atoms with Crippen LogP contribution in [-0.4, -0.2) is 24.4 Å². The highest BCUT2D eigenvalue weighted by Gasteiger charge is 2.23. The highest BCUT2D eigenvalue weighted by molar-refractivity contribution is 9.10. The zero-order chi connectivity index (χ0) is 14.0. The van der Waals surface area contributed by atoms with E-state index in [2.05, 4.69) is 32.9 Å². The maximum absolute atomic E-state index is 10.6. The van der Waals surface area contributed by atoms with Crippen molar-refractivity contribution in [1.82, 2.24) is 19.3 Å². The van der Waals surface area contributed by atoms with Gasteiger partial charge in [0.05, 0.1) is 34.6 Å². The van der Waals surface area contributed by atoms with Crippen molar-refractivity contribution < 1.29 is 5.11 Å². The zero-order valence-electron chi connectivity index (χ0n) is 11.4. The first-order valence-electron chi connectivity index (χ1n) is 6.47. The number of nitrogens with zero attached hydrogens (tertiary/aromatic N) is 4. The summed E-state index contributed by atoms with van der Waals surface area (Å²) in [7, 11) is 0. The van der Waals surface area contributed by atoms with Crippen LogP contribution in [-0.2, 0) is 6.54 Å². The number of hydrogen-bond donors (Lipinski definition) is 1. The van der Waals surface area contributed by atoms with Gasteiger partial charge in [0.2, 0.25) is 0 Å². The van der Waals surface area contributed by atoms with Crippen molar-refractivity contribution in [3.63, 3.8) is 0 Å². The van der Waals surface area contributed by atoms with E-state index in [-0.39, 0.29) is 6.04 Å². The standard InChI is InChI=1S/C13H19BrN4O/c1-4-5-17-8-15-7-11(17)13(19)12-10(14)6-16-18(12)9(2)3/h6-9,13,19H,4-5H2,1-3H3. The molecule has 1 N–H and O–H groups in total. The van der Waals surface area contributed by atoms with Gasteiger partial charge < -0.3 is 9.67 Å². The number of aliphatic hydroxyl groups excluding tert-OH is 1. The van der Waals surface area contributed by atoms with E-state index in [0.717, 1.165) is 28.8 Å². The van der Waals surface area contributed by atoms with Crippen LogP contribution < -0.4 is 0 Å². The third kappa shape index (κ3) is 2.74. The largest absolute Gasteiger partial charge is 0.380 e. The van der Waals surface area contributed by atoms with Crippen molar-refractivity contribution in [2.75, 3.05) is 0 Å². The van der Waals surface area contributed by atoms with Crippen LogP contribution in [0.2, 0.25) is 0 Å². The molecule has 1 atom stereocenters. The lowest BCUT2D eigenvalue weighted by molar-refractivity contribution is 0.194. The van der Waals surface area contributed by atoms with Crippen LogP contribution in [0, 0.1) is 0 Å². The van der Waals surface area contributed by atoms with Gasteiger partial charge in [-0.2, -0.15) is 5.10 Å². The van der Waals surface area contributed by atoms with E-state index in [9.17, 15) is 5.11 Å². The number of aliphatic hydroxyl groups is 1. The monoisotopic (exact) mass is 326 g/mol. The second kappa shape index (κ2) is 5.88. The number of aryl methyl sites for hydroxylation is 1. The number of rotatable bonds is 5. The number of halogens is 1. The van der Waals surface area contributed by atoms with Crippen LogP contribution in [0.4, 0.5) is 0 Å². The maximum Gasteiger partial charge on any atom is 0.138 e. The summed E-state index contributed by atoms with van der Waals surface area (Å²) in [6, 6.07) is 0.193. The van der Waals surface area contributed by atoms with Crippen LogP contribution in [0.1, 0.15) is 50.7 Å². The van der Waals surface area contributed by atoms with Gasteiger partial charge in [-0.05, 0) is 36.2 Å². The molecule has 2 aromatic rings. The summed E-state index contributed by atoms with van der Waals surface area (Å²) in [4.78, 5) is 4.13. The first-order chi connectivity index (χ1) is 9.06. The molecule has 19 heavy (non-hydrogen) atoms. The Balaban J connectivity index is 2.41. The number of aromatic nitrogens is 4. The van der Waals surface area contributed by atoms with E-state index < -0.39 is 6.10 Å². The van der Waals surface area contributed by atoms with Crippen molar-refractivity contribution in [2.24, 2.45) is 0 Å². The lowest BCUT2D eigenvalue weighted by Crippen LogP contribution is -2.15. The van der Waals surface area contributed by atoms with Crippen LogP contribution in [0.25, 0.3) is 0 Å². The summed E-state index contributed by atoms with van der Waals surface area (Å²) in [6.07, 6.45) is 5.46. The molecule has 0 aliphatic heterocycles. The third-order valence-corrected chi connectivity index (χ3v) is 3.64. The van der Waals surface area contributed by atoms with Gasteiger partial charge >= 0.3 is 0 Å². The Bertz CT molecular complexity index is 547. The Labute approximate surface area is 121 Å². The predicted molar refractivity (Wildman–Crippen MR) is 76.9 cm³/mol. The molecule has 0 amide bonds. The molecule has 0 spiro atoms. The molecule has 0 fully saturated rings. The van der Waals surface area contributed by atoms with Gasteiger partial charge in [0, 0.05) is 12.6 Å². The van der Waals surface area contributed by atoms with Gasteiger partial charge in [-0.25, -0.2) is 4.98 Å². The molecular weight excluding hydrogens is 308 g/mol. The summed E-state index contributed by atoms with van der Waals surface area (Å²) in [5.74, 6) is 0. The lowest BCUT2D eigenvalue weighted by atomic mass is 10.2. The summed E-state index contributed by atoms with van der Waals surface area (Å²) in [6.45, 7) is 7.03. The molecule has 2 aromatic heterocycles. The molecule has 2 heterocycles. The summed E-state index contributed by atoms with van der Waals surface area (Å²) in [5, 5.41) is 14.9. The van der Waals surface area contributed by atoms with Crippen LogP contribution in [0.3, 0.4) is 0 Å². The van der Waals surface area contributed by atoms with Crippen molar-refractivity contribution in [3.05, 3.63) is 34.6 Å². The average molecular weight is 327 g/mol. The molecule has 104 valence electrons. The highest BCUT2D eigenvalue weighted by atomic mass is 79.9. The fourth-order valence-corrected chi connectivity index (χ4v) is 2.63. The van der Waals surface area contributed by atoms with E-state index in [4.69, 9.17) is 0 Å². The number of hydrogen-bond acceptors (Lipinski definition) is 3. The Morgan fingerprint density at radius 2 is 2.11 bits per heavy atom. The quantitative estimate of drug-likeness (QED) is 0.919. The Hall–Kier alpha value is -1.14. The predicted octanol–water partition coefficient (Wildman–Crippen LogP) is 2.91. The van der Waals surface area contributed by atoms with Crippen LogP contribution >= 0.6 is 15.9 Å². The third-order valence-electron chi connectivity index (χ3n) is 3.02. The minimum absolute atomic E-state index is 0.193. The van der Waals surface area contributed by atoms with Gasteiger partial charge in [-0.3, -0.25) is 4.68 Å². The first kappa shape index (κ1) is 14.3. The van der Waals surface area contributed by atoms with Gasteiger partial charge in [0.1, 0.15) is 6.10 Å². The van der Waals surface area contributed by atoms with Crippen molar-refractivity contribution in [1.29, 1.82) is 0 Å². The molecule has 6 heteroatoms. The molecule has 0 aliphatic rings. The normalized spacial score (nSPS) is 13.2. The fraction of sp³-hybridized carbons (Fsp3) is 0.538. The second-order valence-electron chi connectivity index (χ2n) is 4.83. The van der Waals surface area contributed by atoms with Gasteiger partial charge in [-0.1, -0.05) is 6.92 Å². The molecule has 2 rings (SSSR count). The first-order valence-corrected chi connectivity index (χ1v) is 7.26. The molecule has 0 saturated carbocycles. The van der Waals surface area contributed by atoms with Gasteiger partial charge in [-0.15, -0.1) is 0 Å². The minimum Gasteiger partial charge on any atom is -0.380 e. The van der Waals surface area contributed by atoms with Crippen LogP contribution in [0.5, 0.6) is 0 Å². The summed E-state index contributed by atoms with van der Waals surface area (Å²) in [5.41, 5.74) is 1.57. The van der Waals surface area contributed by atoms with E-state index in [1.165, 1.54) is 0 Å². The van der Waals surface area contributed by atoms with Crippen molar-refractivity contribution in [2.45, 2.75) is 45.9 Å².